The number of amides is 1. The highest BCUT2D eigenvalue weighted by atomic mass is 16.6. The summed E-state index contributed by atoms with van der Waals surface area (Å²) < 4.78 is 16.8. The molecule has 1 fully saturated rings. The maximum absolute atomic E-state index is 13.1. The van der Waals surface area contributed by atoms with Crippen molar-refractivity contribution in [2.45, 2.75) is 44.9 Å². The smallest absolute Gasteiger partial charge is 0.317 e. The number of hydrogen-bond acceptors (Lipinski definition) is 5. The Morgan fingerprint density at radius 3 is 2.50 bits per heavy atom. The van der Waals surface area contributed by atoms with E-state index in [0.717, 1.165) is 24.0 Å². The van der Waals surface area contributed by atoms with Gasteiger partial charge in [-0.15, -0.1) is 0 Å². The number of rotatable bonds is 7. The largest absolute Gasteiger partial charge is 0.486 e. The molecule has 1 aliphatic carbocycles. The zero-order valence-electron chi connectivity index (χ0n) is 16.8. The lowest BCUT2D eigenvalue weighted by molar-refractivity contribution is -0.157. The molecular weight excluding hydrogens is 358 g/mol. The predicted octanol–water partition coefficient (Wildman–Crippen LogP) is 3.24. The lowest BCUT2D eigenvalue weighted by atomic mass is 9.78. The first-order valence-corrected chi connectivity index (χ1v) is 9.96. The van der Waals surface area contributed by atoms with Crippen molar-refractivity contribution in [3.63, 3.8) is 0 Å². The van der Waals surface area contributed by atoms with Crippen molar-refractivity contribution in [1.82, 2.24) is 4.90 Å². The normalized spacial score (nSPS) is 17.1. The average molecular weight is 387 g/mol. The Morgan fingerprint density at radius 1 is 1.18 bits per heavy atom. The zero-order chi connectivity index (χ0) is 20.1. The van der Waals surface area contributed by atoms with Crippen LogP contribution in [-0.4, -0.2) is 49.7 Å². The van der Waals surface area contributed by atoms with Crippen molar-refractivity contribution in [2.75, 3.05) is 32.9 Å². The summed E-state index contributed by atoms with van der Waals surface area (Å²) in [6.45, 7) is 9.42. The van der Waals surface area contributed by atoms with Crippen molar-refractivity contribution in [2.24, 2.45) is 0 Å². The van der Waals surface area contributed by atoms with Crippen LogP contribution in [0.5, 0.6) is 11.5 Å². The van der Waals surface area contributed by atoms with E-state index in [1.165, 1.54) is 0 Å². The number of benzene rings is 1. The summed E-state index contributed by atoms with van der Waals surface area (Å²) in [7, 11) is 0. The summed E-state index contributed by atoms with van der Waals surface area (Å²) in [5.41, 5.74) is 1.05. The van der Waals surface area contributed by atoms with E-state index in [2.05, 4.69) is 6.58 Å². The van der Waals surface area contributed by atoms with Crippen LogP contribution in [0.15, 0.2) is 30.4 Å². The van der Waals surface area contributed by atoms with E-state index in [-0.39, 0.29) is 18.5 Å². The van der Waals surface area contributed by atoms with Crippen LogP contribution in [-0.2, 0) is 19.7 Å². The van der Waals surface area contributed by atoms with Gasteiger partial charge in [0.1, 0.15) is 13.2 Å². The second-order valence-electron chi connectivity index (χ2n) is 7.59. The van der Waals surface area contributed by atoms with Crippen LogP contribution in [0.1, 0.15) is 45.1 Å². The van der Waals surface area contributed by atoms with Crippen molar-refractivity contribution < 1.29 is 23.8 Å². The standard InChI is InChI=1S/C22H29NO5/c1-4-23(14-16(2)3)20(24)15-28-21(25)22(9-5-6-10-22)17-7-8-18-19(13-17)27-12-11-26-18/h7-8,13H,2,4-6,9-12,14-15H2,1,3H3. The molecule has 2 aliphatic rings. The van der Waals surface area contributed by atoms with Crippen LogP contribution >= 0.6 is 0 Å². The predicted molar refractivity (Wildman–Crippen MR) is 106 cm³/mol. The van der Waals surface area contributed by atoms with Gasteiger partial charge in [-0.2, -0.15) is 0 Å². The number of likely N-dealkylation sites (N-methyl/N-ethyl adjacent to an activating group) is 1. The van der Waals surface area contributed by atoms with Gasteiger partial charge in [0, 0.05) is 13.1 Å². The molecule has 1 heterocycles. The summed E-state index contributed by atoms with van der Waals surface area (Å²) in [4.78, 5) is 27.2. The lowest BCUT2D eigenvalue weighted by Gasteiger charge is -2.29. The third-order valence-electron chi connectivity index (χ3n) is 5.46. The number of fused-ring (bicyclic) bond motifs is 1. The van der Waals surface area contributed by atoms with Crippen LogP contribution in [0.4, 0.5) is 0 Å². The van der Waals surface area contributed by atoms with E-state index in [1.54, 1.807) is 4.90 Å². The van der Waals surface area contributed by atoms with E-state index in [0.29, 0.717) is 50.6 Å². The monoisotopic (exact) mass is 387 g/mol. The molecule has 6 nitrogen and oxygen atoms in total. The number of ether oxygens (including phenoxy) is 3. The highest BCUT2D eigenvalue weighted by Gasteiger charge is 2.45. The van der Waals surface area contributed by atoms with E-state index in [1.807, 2.05) is 32.0 Å². The Balaban J connectivity index is 1.74. The molecule has 1 saturated carbocycles. The Bertz CT molecular complexity index is 751. The topological polar surface area (TPSA) is 65.1 Å². The fourth-order valence-corrected chi connectivity index (χ4v) is 3.99. The van der Waals surface area contributed by atoms with E-state index in [4.69, 9.17) is 14.2 Å². The van der Waals surface area contributed by atoms with Crippen LogP contribution in [0, 0.1) is 0 Å². The summed E-state index contributed by atoms with van der Waals surface area (Å²) in [5.74, 6) is 0.832. The Morgan fingerprint density at radius 2 is 1.86 bits per heavy atom. The first-order chi connectivity index (χ1) is 13.5. The van der Waals surface area contributed by atoms with Gasteiger partial charge in [-0.25, -0.2) is 0 Å². The average Bonchev–Trinajstić information content (AvgIpc) is 3.20. The molecular formula is C22H29NO5. The first-order valence-electron chi connectivity index (χ1n) is 9.96. The molecule has 1 amide bonds. The van der Waals surface area contributed by atoms with Crippen molar-refractivity contribution >= 4 is 11.9 Å². The van der Waals surface area contributed by atoms with Crippen molar-refractivity contribution in [3.05, 3.63) is 35.9 Å². The molecule has 0 saturated heterocycles. The summed E-state index contributed by atoms with van der Waals surface area (Å²) in [6.07, 6.45) is 3.33. The molecule has 28 heavy (non-hydrogen) atoms. The van der Waals surface area contributed by atoms with Crippen molar-refractivity contribution in [3.8, 4) is 11.5 Å². The minimum atomic E-state index is -0.721. The molecule has 1 aliphatic heterocycles. The molecule has 1 aromatic carbocycles. The molecule has 0 atom stereocenters. The second kappa shape index (κ2) is 8.67. The zero-order valence-corrected chi connectivity index (χ0v) is 16.8. The number of carbonyl (C=O) groups is 2. The van der Waals surface area contributed by atoms with Crippen LogP contribution in [0.25, 0.3) is 0 Å². The summed E-state index contributed by atoms with van der Waals surface area (Å²) in [5, 5.41) is 0. The molecule has 3 rings (SSSR count). The molecule has 0 radical (unpaired) electrons. The molecule has 152 valence electrons. The van der Waals surface area contributed by atoms with Gasteiger partial charge in [0.15, 0.2) is 18.1 Å². The van der Waals surface area contributed by atoms with Crippen molar-refractivity contribution in [1.29, 1.82) is 0 Å². The number of esters is 1. The van der Waals surface area contributed by atoms with Gasteiger partial charge in [0.25, 0.3) is 5.91 Å². The van der Waals surface area contributed by atoms with Gasteiger partial charge in [-0.3, -0.25) is 9.59 Å². The van der Waals surface area contributed by atoms with E-state index < -0.39 is 5.41 Å². The van der Waals surface area contributed by atoms with Gasteiger partial charge in [0.2, 0.25) is 0 Å². The SMILES string of the molecule is C=C(C)CN(CC)C(=O)COC(=O)C1(c2ccc3c(c2)OCCO3)CCCC1. The van der Waals surface area contributed by atoms with Crippen LogP contribution in [0.2, 0.25) is 0 Å². The fraction of sp³-hybridized carbons (Fsp3) is 0.545. The van der Waals surface area contributed by atoms with Gasteiger partial charge in [-0.1, -0.05) is 31.1 Å². The molecule has 0 aromatic heterocycles. The molecule has 0 spiro atoms. The van der Waals surface area contributed by atoms with Gasteiger partial charge >= 0.3 is 5.97 Å². The number of hydrogen-bond donors (Lipinski definition) is 0. The quantitative estimate of drug-likeness (QED) is 0.531. The maximum Gasteiger partial charge on any atom is 0.317 e. The number of nitrogens with zero attached hydrogens (tertiary/aromatic N) is 1. The van der Waals surface area contributed by atoms with Crippen LogP contribution in [0.3, 0.4) is 0 Å². The minimum Gasteiger partial charge on any atom is -0.486 e. The third-order valence-corrected chi connectivity index (χ3v) is 5.46. The molecule has 6 heteroatoms. The van der Waals surface area contributed by atoms with Gasteiger partial charge < -0.3 is 19.1 Å². The molecule has 0 bridgehead atoms. The molecule has 1 aromatic rings. The van der Waals surface area contributed by atoms with E-state index >= 15 is 0 Å². The number of carbonyl (C=O) groups excluding carboxylic acids is 2. The summed E-state index contributed by atoms with van der Waals surface area (Å²) in [6, 6.07) is 5.66. The molecule has 0 N–H and O–H groups in total. The Kier molecular flexibility index (Phi) is 6.27. The van der Waals surface area contributed by atoms with Crippen LogP contribution < -0.4 is 9.47 Å². The highest BCUT2D eigenvalue weighted by Crippen LogP contribution is 2.45. The second-order valence-corrected chi connectivity index (χ2v) is 7.59. The minimum absolute atomic E-state index is 0.200. The van der Waals surface area contributed by atoms with E-state index in [9.17, 15) is 9.59 Å². The maximum atomic E-state index is 13.1. The fourth-order valence-electron chi connectivity index (χ4n) is 3.99. The van der Waals surface area contributed by atoms with Gasteiger partial charge in [0.05, 0.1) is 5.41 Å². The van der Waals surface area contributed by atoms with Gasteiger partial charge in [-0.05, 0) is 44.4 Å². The lowest BCUT2D eigenvalue weighted by Crippen LogP contribution is -2.39. The third kappa shape index (κ3) is 4.16. The molecule has 0 unspecified atom stereocenters. The summed E-state index contributed by atoms with van der Waals surface area (Å²) >= 11 is 0. The Labute approximate surface area is 166 Å². The first kappa shape index (κ1) is 20.2. The Hall–Kier alpha value is -2.50. The highest BCUT2D eigenvalue weighted by molar-refractivity contribution is 5.87.